The fourth-order valence-electron chi connectivity index (χ4n) is 3.11. The molecule has 0 fully saturated rings. The Morgan fingerprint density at radius 1 is 1.40 bits per heavy atom. The highest BCUT2D eigenvalue weighted by atomic mass is 35.5. The molecule has 1 aliphatic rings. The normalized spacial score (nSPS) is 13.0. The molecule has 2 N–H and O–H groups in total. The van der Waals surface area contributed by atoms with Gasteiger partial charge in [0.05, 0.1) is 19.3 Å². The van der Waals surface area contributed by atoms with E-state index in [1.165, 1.54) is 0 Å². The number of aryl methyl sites for hydroxylation is 1. The Hall–Kier alpha value is -2.12. The number of amides is 1. The van der Waals surface area contributed by atoms with Crippen LogP contribution in [0.3, 0.4) is 0 Å². The highest BCUT2D eigenvalue weighted by Gasteiger charge is 2.24. The molecule has 0 unspecified atom stereocenters. The van der Waals surface area contributed by atoms with Crippen molar-refractivity contribution in [2.75, 3.05) is 20.7 Å². The second-order valence-corrected chi connectivity index (χ2v) is 6.16. The number of pyridine rings is 1. The van der Waals surface area contributed by atoms with Crippen molar-refractivity contribution in [3.8, 4) is 5.75 Å². The van der Waals surface area contributed by atoms with Gasteiger partial charge in [-0.1, -0.05) is 0 Å². The molecule has 1 amide bonds. The molecule has 8 heteroatoms. The van der Waals surface area contributed by atoms with Crippen LogP contribution < -0.4 is 10.1 Å². The van der Waals surface area contributed by atoms with E-state index in [1.807, 2.05) is 13.8 Å². The van der Waals surface area contributed by atoms with E-state index in [-0.39, 0.29) is 18.3 Å². The Balaban J connectivity index is 0.00000225. The number of methoxy groups -OCH3 is 1. The number of hydrogen-bond donors (Lipinski definition) is 2. The van der Waals surface area contributed by atoms with E-state index in [1.54, 1.807) is 25.3 Å². The van der Waals surface area contributed by atoms with Gasteiger partial charge in [0.15, 0.2) is 5.69 Å². The highest BCUT2D eigenvalue weighted by molar-refractivity contribution is 5.93. The van der Waals surface area contributed by atoms with E-state index in [4.69, 9.17) is 4.74 Å². The zero-order valence-corrected chi connectivity index (χ0v) is 15.8. The lowest BCUT2D eigenvalue weighted by Gasteiger charge is -2.20. The third-order valence-corrected chi connectivity index (χ3v) is 4.49. The van der Waals surface area contributed by atoms with E-state index >= 15 is 0 Å². The number of nitrogens with zero attached hydrogens (tertiary/aromatic N) is 3. The number of H-pyrrole nitrogens is 1. The van der Waals surface area contributed by atoms with Crippen LogP contribution in [-0.2, 0) is 19.5 Å². The number of aromatic nitrogens is 3. The van der Waals surface area contributed by atoms with Crippen LogP contribution in [0.1, 0.15) is 38.6 Å². The number of fused-ring (bicyclic) bond motifs is 1. The first kappa shape index (κ1) is 19.2. The Bertz CT molecular complexity index is 775. The van der Waals surface area contributed by atoms with E-state index in [0.717, 1.165) is 46.8 Å². The second kappa shape index (κ2) is 7.84. The van der Waals surface area contributed by atoms with Gasteiger partial charge in [-0.05, 0) is 13.8 Å². The molecule has 0 saturated carbocycles. The molecular formula is C17H24ClN5O2. The number of nitrogens with one attached hydrogen (secondary N) is 2. The first-order chi connectivity index (χ1) is 11.5. The summed E-state index contributed by atoms with van der Waals surface area (Å²) in [7, 11) is 3.42. The molecular weight excluding hydrogens is 342 g/mol. The fourth-order valence-corrected chi connectivity index (χ4v) is 3.11. The minimum atomic E-state index is -0.100. The quantitative estimate of drug-likeness (QED) is 0.862. The van der Waals surface area contributed by atoms with Crippen molar-refractivity contribution in [3.05, 3.63) is 40.0 Å². The van der Waals surface area contributed by atoms with Crippen LogP contribution in [0.4, 0.5) is 0 Å². The van der Waals surface area contributed by atoms with Gasteiger partial charge in [-0.2, -0.15) is 5.10 Å². The Morgan fingerprint density at radius 2 is 2.16 bits per heavy atom. The summed E-state index contributed by atoms with van der Waals surface area (Å²) in [5, 5.41) is 10.5. The molecule has 0 spiro atoms. The van der Waals surface area contributed by atoms with Gasteiger partial charge in [-0.25, -0.2) is 0 Å². The van der Waals surface area contributed by atoms with Crippen molar-refractivity contribution in [1.82, 2.24) is 25.4 Å². The topological polar surface area (TPSA) is 83.1 Å². The third-order valence-electron chi connectivity index (χ3n) is 4.49. The number of ether oxygens (including phenoxy) is 1. The molecule has 3 heterocycles. The molecule has 0 atom stereocenters. The van der Waals surface area contributed by atoms with E-state index in [2.05, 4.69) is 20.5 Å². The zero-order chi connectivity index (χ0) is 17.3. The van der Waals surface area contributed by atoms with Crippen LogP contribution in [0.25, 0.3) is 0 Å². The minimum absolute atomic E-state index is 0. The summed E-state index contributed by atoms with van der Waals surface area (Å²) in [4.78, 5) is 18.9. The van der Waals surface area contributed by atoms with Gasteiger partial charge in [0, 0.05) is 55.1 Å². The summed E-state index contributed by atoms with van der Waals surface area (Å²) < 4.78 is 5.44. The fraction of sp³-hybridized carbons (Fsp3) is 0.471. The summed E-state index contributed by atoms with van der Waals surface area (Å²) >= 11 is 0. The number of aromatic amines is 1. The third kappa shape index (κ3) is 3.62. The number of carbonyl (C=O) groups is 1. The van der Waals surface area contributed by atoms with Gasteiger partial charge in [-0.3, -0.25) is 14.9 Å². The molecule has 0 bridgehead atoms. The van der Waals surface area contributed by atoms with Gasteiger partial charge < -0.3 is 15.0 Å². The summed E-state index contributed by atoms with van der Waals surface area (Å²) in [6.07, 6.45) is 2.65. The van der Waals surface area contributed by atoms with Crippen molar-refractivity contribution in [2.24, 2.45) is 0 Å². The molecule has 0 radical (unpaired) electrons. The second-order valence-electron chi connectivity index (χ2n) is 6.16. The van der Waals surface area contributed by atoms with Gasteiger partial charge in [-0.15, -0.1) is 12.4 Å². The Kier molecular flexibility index (Phi) is 6.02. The molecule has 7 nitrogen and oxygen atoms in total. The van der Waals surface area contributed by atoms with Crippen LogP contribution in [0.15, 0.2) is 6.20 Å². The summed E-state index contributed by atoms with van der Waals surface area (Å²) in [5.74, 6) is 0.721. The van der Waals surface area contributed by atoms with Crippen LogP contribution in [0, 0.1) is 13.8 Å². The number of rotatable bonds is 4. The lowest BCUT2D eigenvalue weighted by atomic mass is 10.1. The predicted octanol–water partition coefficient (Wildman–Crippen LogP) is 1.77. The van der Waals surface area contributed by atoms with Crippen LogP contribution in [-0.4, -0.2) is 46.7 Å². The molecule has 0 saturated heterocycles. The minimum Gasteiger partial charge on any atom is -0.496 e. The number of hydrogen-bond acceptors (Lipinski definition) is 5. The summed E-state index contributed by atoms with van der Waals surface area (Å²) in [6, 6.07) is 0. The van der Waals surface area contributed by atoms with Crippen molar-refractivity contribution >= 4 is 18.3 Å². The maximum absolute atomic E-state index is 12.8. The average Bonchev–Trinajstić information content (AvgIpc) is 3.01. The summed E-state index contributed by atoms with van der Waals surface area (Å²) in [5.41, 5.74) is 5.30. The number of halogens is 1. The lowest BCUT2D eigenvalue weighted by molar-refractivity contribution is 0.0776. The molecule has 2 aromatic heterocycles. The Labute approximate surface area is 153 Å². The van der Waals surface area contributed by atoms with Crippen molar-refractivity contribution in [3.63, 3.8) is 0 Å². The molecule has 2 aromatic rings. The van der Waals surface area contributed by atoms with Gasteiger partial charge in [0.25, 0.3) is 5.91 Å². The average molecular weight is 366 g/mol. The Morgan fingerprint density at radius 3 is 2.88 bits per heavy atom. The number of carbonyl (C=O) groups excluding carboxylic acids is 1. The van der Waals surface area contributed by atoms with Crippen LogP contribution in [0.5, 0.6) is 5.75 Å². The molecule has 136 valence electrons. The monoisotopic (exact) mass is 365 g/mol. The first-order valence-electron chi connectivity index (χ1n) is 8.04. The highest BCUT2D eigenvalue weighted by Crippen LogP contribution is 2.25. The van der Waals surface area contributed by atoms with Gasteiger partial charge >= 0.3 is 0 Å². The van der Waals surface area contributed by atoms with E-state index < -0.39 is 0 Å². The van der Waals surface area contributed by atoms with E-state index in [0.29, 0.717) is 18.8 Å². The van der Waals surface area contributed by atoms with Crippen LogP contribution >= 0.6 is 12.4 Å². The molecule has 0 aliphatic carbocycles. The van der Waals surface area contributed by atoms with Gasteiger partial charge in [0.1, 0.15) is 5.75 Å². The first-order valence-corrected chi connectivity index (χ1v) is 8.04. The maximum Gasteiger partial charge on any atom is 0.274 e. The van der Waals surface area contributed by atoms with Crippen LogP contribution in [0.2, 0.25) is 0 Å². The summed E-state index contributed by atoms with van der Waals surface area (Å²) in [6.45, 7) is 5.92. The molecule has 25 heavy (non-hydrogen) atoms. The molecule has 0 aromatic carbocycles. The largest absolute Gasteiger partial charge is 0.496 e. The zero-order valence-electron chi connectivity index (χ0n) is 15.0. The molecule has 1 aliphatic heterocycles. The standard InChI is InChI=1S/C17H23N5O2.ClH/c1-10-7-19-14(11(2)16(10)24-4)9-22(3)17(23)15-12-8-18-6-5-13(12)20-21-15;/h7,18H,5-6,8-9H2,1-4H3,(H,20,21);1H. The maximum atomic E-state index is 12.8. The SMILES string of the molecule is COc1c(C)cnc(CN(C)C(=O)c2n[nH]c3c2CNCC3)c1C.Cl. The molecule has 3 rings (SSSR count). The van der Waals surface area contributed by atoms with Gasteiger partial charge in [0.2, 0.25) is 0 Å². The van der Waals surface area contributed by atoms with Crippen molar-refractivity contribution in [1.29, 1.82) is 0 Å². The van der Waals surface area contributed by atoms with E-state index in [9.17, 15) is 4.79 Å². The van der Waals surface area contributed by atoms with Crippen molar-refractivity contribution < 1.29 is 9.53 Å². The lowest BCUT2D eigenvalue weighted by Crippen LogP contribution is -2.30. The predicted molar refractivity (Wildman–Crippen MR) is 97.3 cm³/mol. The smallest absolute Gasteiger partial charge is 0.274 e. The van der Waals surface area contributed by atoms with Crippen molar-refractivity contribution in [2.45, 2.75) is 33.4 Å².